The summed E-state index contributed by atoms with van der Waals surface area (Å²) in [6.07, 6.45) is 10.5. The van der Waals surface area contributed by atoms with Gasteiger partial charge in [0.25, 0.3) is 0 Å². The molecule has 4 aromatic carbocycles. The molecule has 0 N–H and O–H groups in total. The van der Waals surface area contributed by atoms with Gasteiger partial charge in [-0.1, -0.05) is 91.0 Å². The molecule has 0 saturated heterocycles. The van der Waals surface area contributed by atoms with Crippen molar-refractivity contribution in [3.05, 3.63) is 165 Å². The van der Waals surface area contributed by atoms with E-state index in [-0.39, 0.29) is 0 Å². The van der Waals surface area contributed by atoms with Crippen LogP contribution in [0.15, 0.2) is 165 Å². The molecule has 9 nitrogen and oxygen atoms in total. The quantitative estimate of drug-likeness (QED) is 0.168. The molecule has 0 spiro atoms. The molecule has 0 radical (unpaired) electrons. The highest BCUT2D eigenvalue weighted by Crippen LogP contribution is 2.40. The minimum Gasteiger partial charge on any atom is -0.262 e. The Kier molecular flexibility index (Phi) is 7.58. The van der Waals surface area contributed by atoms with Crippen LogP contribution >= 0.6 is 0 Å². The predicted molar refractivity (Wildman–Crippen MR) is 212 cm³/mol. The van der Waals surface area contributed by atoms with Crippen molar-refractivity contribution in [2.75, 3.05) is 0 Å². The molecule has 0 amide bonds. The maximum Gasteiger partial charge on any atom is 0.108 e. The minimum absolute atomic E-state index is 0.706. The van der Waals surface area contributed by atoms with E-state index in [4.69, 9.17) is 29.9 Å². The highest BCUT2D eigenvalue weighted by atomic mass is 14.9. The fourth-order valence-electron chi connectivity index (χ4n) is 6.75. The van der Waals surface area contributed by atoms with E-state index in [1.807, 2.05) is 109 Å². The van der Waals surface area contributed by atoms with E-state index >= 15 is 0 Å². The Balaban J connectivity index is 1.32. The van der Waals surface area contributed by atoms with E-state index in [0.717, 1.165) is 67.0 Å². The summed E-state index contributed by atoms with van der Waals surface area (Å²) in [6, 6.07) is 42.4. The van der Waals surface area contributed by atoms with Gasteiger partial charge in [0.15, 0.2) is 0 Å². The van der Waals surface area contributed by atoms with E-state index in [1.54, 1.807) is 37.2 Å². The number of nitrogens with zero attached hydrogens (tertiary/aromatic N) is 9. The Hall–Kier alpha value is -7.65. The van der Waals surface area contributed by atoms with E-state index < -0.39 is 0 Å². The van der Waals surface area contributed by atoms with Crippen LogP contribution < -0.4 is 0 Å². The number of hydrogen-bond acceptors (Lipinski definition) is 9. The first-order valence-corrected chi connectivity index (χ1v) is 17.4. The lowest BCUT2D eigenvalue weighted by Gasteiger charge is -2.17. The van der Waals surface area contributed by atoms with Crippen LogP contribution in [0.2, 0.25) is 0 Å². The van der Waals surface area contributed by atoms with Crippen LogP contribution in [0.5, 0.6) is 0 Å². The standard InChI is InChI=1S/C45H27N9/c1-4-10-28(11-5-1)40-43(49-34-16-19-46-25-37(34)52-40)31-22-32(44-41(29-12-6-2-7-13-29)53-38-26-47-20-17-35(38)50-44)24-33(23-31)45-42(30-14-8-3-9-15-30)54-39-27-48-21-18-36(39)51-45/h1-27H. The zero-order valence-electron chi connectivity index (χ0n) is 28.6. The second kappa shape index (κ2) is 13.2. The zero-order valence-corrected chi connectivity index (χ0v) is 28.6. The average molecular weight is 694 g/mol. The molecular weight excluding hydrogens is 667 g/mol. The van der Waals surface area contributed by atoms with Crippen molar-refractivity contribution >= 4 is 33.1 Å². The second-order valence-electron chi connectivity index (χ2n) is 12.8. The largest absolute Gasteiger partial charge is 0.262 e. The second-order valence-corrected chi connectivity index (χ2v) is 12.8. The number of aromatic nitrogens is 9. The van der Waals surface area contributed by atoms with Gasteiger partial charge in [-0.15, -0.1) is 0 Å². The van der Waals surface area contributed by atoms with Crippen LogP contribution in [-0.4, -0.2) is 44.9 Å². The molecule has 9 heteroatoms. The minimum atomic E-state index is 0.706. The van der Waals surface area contributed by atoms with Gasteiger partial charge >= 0.3 is 0 Å². The summed E-state index contributed by atoms with van der Waals surface area (Å²) in [5, 5.41) is 0. The zero-order chi connectivity index (χ0) is 35.8. The molecule has 0 fully saturated rings. The molecule has 6 aromatic heterocycles. The molecule has 0 saturated carbocycles. The van der Waals surface area contributed by atoms with E-state index in [1.165, 1.54) is 0 Å². The van der Waals surface area contributed by atoms with Gasteiger partial charge in [-0.2, -0.15) is 0 Å². The van der Waals surface area contributed by atoms with Gasteiger partial charge in [-0.3, -0.25) is 15.0 Å². The summed E-state index contributed by atoms with van der Waals surface area (Å²) < 4.78 is 0. The summed E-state index contributed by atoms with van der Waals surface area (Å²) in [7, 11) is 0. The van der Waals surface area contributed by atoms with Crippen molar-refractivity contribution in [1.82, 2.24) is 44.9 Å². The fraction of sp³-hybridized carbons (Fsp3) is 0. The molecule has 10 rings (SSSR count). The molecule has 0 aliphatic heterocycles. The number of rotatable bonds is 6. The summed E-state index contributed by atoms with van der Waals surface area (Å²) in [5.74, 6) is 0. The third kappa shape index (κ3) is 5.66. The Morgan fingerprint density at radius 2 is 0.500 bits per heavy atom. The molecular formula is C45H27N9. The summed E-state index contributed by atoms with van der Waals surface area (Å²) >= 11 is 0. The molecule has 0 aliphatic rings. The molecule has 6 heterocycles. The van der Waals surface area contributed by atoms with Crippen molar-refractivity contribution in [2.45, 2.75) is 0 Å². The van der Waals surface area contributed by atoms with Crippen molar-refractivity contribution in [2.24, 2.45) is 0 Å². The summed E-state index contributed by atoms with van der Waals surface area (Å²) in [4.78, 5) is 44.2. The fourth-order valence-corrected chi connectivity index (χ4v) is 6.75. The molecule has 0 atom stereocenters. The predicted octanol–water partition coefficient (Wildman–Crippen LogP) is 9.70. The van der Waals surface area contributed by atoms with Crippen LogP contribution in [0.4, 0.5) is 0 Å². The highest BCUT2D eigenvalue weighted by molar-refractivity contribution is 5.94. The lowest BCUT2D eigenvalue weighted by atomic mass is 9.93. The van der Waals surface area contributed by atoms with Gasteiger partial charge in [-0.05, 0) is 36.4 Å². The van der Waals surface area contributed by atoms with E-state index in [0.29, 0.717) is 33.6 Å². The maximum atomic E-state index is 5.26. The molecule has 10 aromatic rings. The Labute approximate surface area is 309 Å². The Morgan fingerprint density at radius 1 is 0.241 bits per heavy atom. The third-order valence-corrected chi connectivity index (χ3v) is 9.29. The van der Waals surface area contributed by atoms with Crippen LogP contribution in [0.1, 0.15) is 0 Å². The number of fused-ring (bicyclic) bond motifs is 3. The molecule has 0 unspecified atom stereocenters. The summed E-state index contributed by atoms with van der Waals surface area (Å²) in [5.41, 5.74) is 13.9. The molecule has 54 heavy (non-hydrogen) atoms. The van der Waals surface area contributed by atoms with Crippen LogP contribution in [-0.2, 0) is 0 Å². The maximum absolute atomic E-state index is 5.26. The van der Waals surface area contributed by atoms with Gasteiger partial charge in [0.05, 0.1) is 69.3 Å². The summed E-state index contributed by atoms with van der Waals surface area (Å²) in [6.45, 7) is 0. The van der Waals surface area contributed by atoms with Crippen molar-refractivity contribution < 1.29 is 0 Å². The van der Waals surface area contributed by atoms with Crippen molar-refractivity contribution in [1.29, 1.82) is 0 Å². The molecule has 252 valence electrons. The van der Waals surface area contributed by atoms with E-state index in [9.17, 15) is 0 Å². The smallest absolute Gasteiger partial charge is 0.108 e. The van der Waals surface area contributed by atoms with Gasteiger partial charge in [0.1, 0.15) is 16.6 Å². The number of benzene rings is 4. The first-order chi connectivity index (χ1) is 26.7. The monoisotopic (exact) mass is 693 g/mol. The van der Waals surface area contributed by atoms with Crippen LogP contribution in [0.3, 0.4) is 0 Å². The van der Waals surface area contributed by atoms with E-state index in [2.05, 4.69) is 33.2 Å². The topological polar surface area (TPSA) is 116 Å². The number of pyridine rings is 3. The first-order valence-electron chi connectivity index (χ1n) is 17.4. The first kappa shape index (κ1) is 31.1. The van der Waals surface area contributed by atoms with Gasteiger partial charge < -0.3 is 0 Å². The van der Waals surface area contributed by atoms with Gasteiger partial charge in [0.2, 0.25) is 0 Å². The lowest BCUT2D eigenvalue weighted by molar-refractivity contribution is 1.24. The SMILES string of the molecule is c1ccc(-c2nc3cnccc3nc2-c2cc(-c3nc4ccncc4nc3-c3ccccc3)cc(-c3nc4ccncc4nc3-c3ccccc3)c2)cc1. The Morgan fingerprint density at radius 3 is 0.796 bits per heavy atom. The van der Waals surface area contributed by atoms with Crippen LogP contribution in [0, 0.1) is 0 Å². The van der Waals surface area contributed by atoms with Gasteiger partial charge in [-0.25, -0.2) is 29.9 Å². The number of hydrogen-bond donors (Lipinski definition) is 0. The molecule has 0 aliphatic carbocycles. The third-order valence-electron chi connectivity index (χ3n) is 9.29. The van der Waals surface area contributed by atoms with Gasteiger partial charge in [0, 0.05) is 52.0 Å². The lowest BCUT2D eigenvalue weighted by Crippen LogP contribution is -2.00. The van der Waals surface area contributed by atoms with Crippen molar-refractivity contribution in [3.8, 4) is 67.5 Å². The van der Waals surface area contributed by atoms with Crippen LogP contribution in [0.25, 0.3) is 101 Å². The Bertz CT molecular complexity index is 2650. The average Bonchev–Trinajstić information content (AvgIpc) is 3.25. The highest BCUT2D eigenvalue weighted by Gasteiger charge is 2.22. The molecule has 0 bridgehead atoms. The van der Waals surface area contributed by atoms with Crippen molar-refractivity contribution in [3.63, 3.8) is 0 Å². The normalized spacial score (nSPS) is 11.3.